The van der Waals surface area contributed by atoms with E-state index in [-0.39, 0.29) is 0 Å². The molecule has 0 radical (unpaired) electrons. The molecule has 0 aromatic heterocycles. The van der Waals surface area contributed by atoms with E-state index < -0.39 is 72.8 Å². The standard InChI is InChI=1S/C13H25NO9S/c1-22-13-6(9(19)7(17)4(2-15)23-13)14-12-11(21)10(20)8(18)5(3-16)24-12/h4-21H,2-3H2,1H3/t4-,5-,6-,7-,8-,9-,10+,11-,12-,13-/m1/s1. The first-order valence-electron chi connectivity index (χ1n) is 7.57. The molecule has 2 aliphatic heterocycles. The van der Waals surface area contributed by atoms with Crippen LogP contribution in [0.5, 0.6) is 0 Å². The smallest absolute Gasteiger partial charge is 0.175 e. The molecular formula is C13H25NO9S. The maximum absolute atomic E-state index is 10.3. The molecule has 8 N–H and O–H groups in total. The molecule has 2 saturated heterocycles. The van der Waals surface area contributed by atoms with Crippen LogP contribution < -0.4 is 5.32 Å². The van der Waals surface area contributed by atoms with E-state index in [1.807, 2.05) is 0 Å². The Labute approximate surface area is 143 Å². The van der Waals surface area contributed by atoms with E-state index in [0.29, 0.717) is 0 Å². The van der Waals surface area contributed by atoms with Gasteiger partial charge in [0.1, 0.15) is 30.5 Å². The summed E-state index contributed by atoms with van der Waals surface area (Å²) < 4.78 is 10.5. The quantitative estimate of drug-likeness (QED) is 0.234. The van der Waals surface area contributed by atoms with Crippen LogP contribution in [0.3, 0.4) is 0 Å². The Morgan fingerprint density at radius 2 is 1.58 bits per heavy atom. The fourth-order valence-electron chi connectivity index (χ4n) is 2.89. The van der Waals surface area contributed by atoms with Crippen molar-refractivity contribution < 1.29 is 45.2 Å². The molecule has 10 nitrogen and oxygen atoms in total. The molecule has 142 valence electrons. The van der Waals surface area contributed by atoms with Crippen molar-refractivity contribution in [2.45, 2.75) is 59.6 Å². The summed E-state index contributed by atoms with van der Waals surface area (Å²) in [5.74, 6) is 0. The molecule has 0 amide bonds. The number of aliphatic hydroxyl groups is 7. The van der Waals surface area contributed by atoms with Crippen LogP contribution in [0.1, 0.15) is 0 Å². The van der Waals surface area contributed by atoms with Gasteiger partial charge in [0.2, 0.25) is 0 Å². The number of ether oxygens (including phenoxy) is 2. The molecule has 0 aromatic rings. The molecule has 0 unspecified atom stereocenters. The van der Waals surface area contributed by atoms with Crippen molar-refractivity contribution in [3.8, 4) is 0 Å². The van der Waals surface area contributed by atoms with Crippen LogP contribution in [0.25, 0.3) is 0 Å². The van der Waals surface area contributed by atoms with Gasteiger partial charge in [0.05, 0.1) is 36.0 Å². The van der Waals surface area contributed by atoms with Gasteiger partial charge < -0.3 is 45.2 Å². The maximum atomic E-state index is 10.3. The first-order valence-corrected chi connectivity index (χ1v) is 8.51. The topological polar surface area (TPSA) is 172 Å². The highest BCUT2D eigenvalue weighted by molar-refractivity contribution is 8.00. The molecule has 0 aromatic carbocycles. The highest BCUT2D eigenvalue weighted by Crippen LogP contribution is 2.33. The van der Waals surface area contributed by atoms with Gasteiger partial charge in [0, 0.05) is 7.11 Å². The van der Waals surface area contributed by atoms with E-state index in [1.165, 1.54) is 7.11 Å². The summed E-state index contributed by atoms with van der Waals surface area (Å²) in [5, 5.41) is 69.8. The van der Waals surface area contributed by atoms with Crippen molar-refractivity contribution in [1.82, 2.24) is 5.32 Å². The van der Waals surface area contributed by atoms with Crippen LogP contribution in [0.15, 0.2) is 0 Å². The van der Waals surface area contributed by atoms with Crippen molar-refractivity contribution >= 4 is 11.8 Å². The lowest BCUT2D eigenvalue weighted by Gasteiger charge is -2.46. The number of rotatable bonds is 5. The lowest BCUT2D eigenvalue weighted by molar-refractivity contribution is -0.264. The van der Waals surface area contributed by atoms with Crippen molar-refractivity contribution in [3.63, 3.8) is 0 Å². The van der Waals surface area contributed by atoms with Gasteiger partial charge in [-0.3, -0.25) is 5.32 Å². The summed E-state index contributed by atoms with van der Waals surface area (Å²) in [6.45, 7) is -0.927. The number of aliphatic hydroxyl groups excluding tert-OH is 7. The Kier molecular flexibility index (Phi) is 7.22. The molecule has 10 atom stereocenters. The molecule has 0 aliphatic carbocycles. The molecule has 0 saturated carbocycles. The van der Waals surface area contributed by atoms with E-state index in [2.05, 4.69) is 5.32 Å². The fraction of sp³-hybridized carbons (Fsp3) is 1.00. The van der Waals surface area contributed by atoms with E-state index in [4.69, 9.17) is 14.6 Å². The monoisotopic (exact) mass is 371 g/mol. The van der Waals surface area contributed by atoms with Gasteiger partial charge in [0.15, 0.2) is 6.29 Å². The van der Waals surface area contributed by atoms with E-state index in [1.54, 1.807) is 0 Å². The Morgan fingerprint density at radius 3 is 2.12 bits per heavy atom. The largest absolute Gasteiger partial charge is 0.395 e. The van der Waals surface area contributed by atoms with Gasteiger partial charge in [-0.1, -0.05) is 0 Å². The average Bonchev–Trinajstić information content (AvgIpc) is 2.59. The zero-order chi connectivity index (χ0) is 18.0. The van der Waals surface area contributed by atoms with E-state index in [9.17, 15) is 30.6 Å². The minimum atomic E-state index is -1.49. The lowest BCUT2D eigenvalue weighted by atomic mass is 9.96. The third-order valence-electron chi connectivity index (χ3n) is 4.36. The normalized spacial score (nSPS) is 50.0. The minimum Gasteiger partial charge on any atom is -0.395 e. The van der Waals surface area contributed by atoms with Crippen LogP contribution in [0.2, 0.25) is 0 Å². The lowest BCUT2D eigenvalue weighted by Crippen LogP contribution is -2.68. The summed E-state index contributed by atoms with van der Waals surface area (Å²) in [4.78, 5) is 0. The second kappa shape index (κ2) is 8.56. The summed E-state index contributed by atoms with van der Waals surface area (Å²) in [5.41, 5.74) is 0. The second-order valence-corrected chi connectivity index (χ2v) is 7.27. The van der Waals surface area contributed by atoms with Gasteiger partial charge in [0.25, 0.3) is 0 Å². The zero-order valence-corrected chi connectivity index (χ0v) is 13.9. The highest BCUT2D eigenvalue weighted by atomic mass is 32.2. The number of hydrogen-bond acceptors (Lipinski definition) is 11. The Bertz CT molecular complexity index is 402. The SMILES string of the molecule is CO[C@@H]1O[C@H](CO)[C@@H](O)[C@H](O)[C@H]1N[C@@H]1S[C@H](CO)[C@@H](O)[C@H](O)[C@H]1O. The average molecular weight is 371 g/mol. The van der Waals surface area contributed by atoms with Crippen LogP contribution in [-0.2, 0) is 9.47 Å². The van der Waals surface area contributed by atoms with E-state index in [0.717, 1.165) is 11.8 Å². The highest BCUT2D eigenvalue weighted by Gasteiger charge is 2.49. The summed E-state index contributed by atoms with van der Waals surface area (Å²) in [6, 6.07) is -0.971. The summed E-state index contributed by atoms with van der Waals surface area (Å²) >= 11 is 0.993. The molecule has 24 heavy (non-hydrogen) atoms. The van der Waals surface area contributed by atoms with Gasteiger partial charge in [-0.05, 0) is 0 Å². The van der Waals surface area contributed by atoms with Crippen LogP contribution in [0, 0.1) is 0 Å². The van der Waals surface area contributed by atoms with Gasteiger partial charge in [-0.2, -0.15) is 0 Å². The van der Waals surface area contributed by atoms with Crippen LogP contribution in [0.4, 0.5) is 0 Å². The third-order valence-corrected chi connectivity index (χ3v) is 5.85. The fourth-order valence-corrected chi connectivity index (χ4v) is 4.23. The van der Waals surface area contributed by atoms with E-state index >= 15 is 0 Å². The predicted octanol–water partition coefficient (Wildman–Crippen LogP) is -4.45. The Hall–Kier alpha value is -0.0500. The first kappa shape index (κ1) is 20.3. The Balaban J connectivity index is 2.12. The predicted molar refractivity (Wildman–Crippen MR) is 82.0 cm³/mol. The third kappa shape index (κ3) is 3.86. The van der Waals surface area contributed by atoms with Crippen molar-refractivity contribution in [2.24, 2.45) is 0 Å². The van der Waals surface area contributed by atoms with Crippen LogP contribution in [-0.4, -0.2) is 116 Å². The van der Waals surface area contributed by atoms with Gasteiger partial charge >= 0.3 is 0 Å². The molecule has 11 heteroatoms. The van der Waals surface area contributed by atoms with Crippen LogP contribution >= 0.6 is 11.8 Å². The van der Waals surface area contributed by atoms with Gasteiger partial charge in [-0.25, -0.2) is 0 Å². The van der Waals surface area contributed by atoms with Crippen molar-refractivity contribution in [1.29, 1.82) is 0 Å². The molecule has 0 bridgehead atoms. The maximum Gasteiger partial charge on any atom is 0.175 e. The van der Waals surface area contributed by atoms with Crippen molar-refractivity contribution in [3.05, 3.63) is 0 Å². The number of nitrogens with one attached hydrogen (secondary N) is 1. The number of methoxy groups -OCH3 is 1. The molecule has 0 spiro atoms. The summed E-state index contributed by atoms with van der Waals surface area (Å²) in [7, 11) is 1.32. The molecule has 2 aliphatic rings. The number of thioether (sulfide) groups is 1. The Morgan fingerprint density at radius 1 is 0.917 bits per heavy atom. The summed E-state index contributed by atoms with van der Waals surface area (Å²) in [6.07, 6.45) is -8.97. The second-order valence-electron chi connectivity index (χ2n) is 5.88. The first-order chi connectivity index (χ1) is 11.3. The molecule has 2 heterocycles. The molecular weight excluding hydrogens is 346 g/mol. The van der Waals surface area contributed by atoms with Gasteiger partial charge in [-0.15, -0.1) is 11.8 Å². The zero-order valence-electron chi connectivity index (χ0n) is 13.0. The van der Waals surface area contributed by atoms with Crippen molar-refractivity contribution in [2.75, 3.05) is 20.3 Å². The number of hydrogen-bond donors (Lipinski definition) is 8. The molecule has 2 fully saturated rings. The molecule has 2 rings (SSSR count). The minimum absolute atomic E-state index is 0.416.